The molecule has 2 aliphatic rings. The fourth-order valence-electron chi connectivity index (χ4n) is 2.72. The predicted octanol–water partition coefficient (Wildman–Crippen LogP) is 2.35. The van der Waals surface area contributed by atoms with Crippen molar-refractivity contribution < 1.29 is 0 Å². The number of hydrogen-bond donors (Lipinski definition) is 1. The number of nitrogens with one attached hydrogen (secondary N) is 1. The Morgan fingerprint density at radius 1 is 1.36 bits per heavy atom. The highest BCUT2D eigenvalue weighted by molar-refractivity contribution is 5.85. The Kier molecular flexibility index (Phi) is 2.82. The standard InChI is InChI=1S/C9H17N.ClH/c1-2-8-9(7-10-8)5-3-4-6-9;/h8,10H,2-7H2,1H3;1H/t8-;/m0./s1. The summed E-state index contributed by atoms with van der Waals surface area (Å²) < 4.78 is 0. The van der Waals surface area contributed by atoms with Gasteiger partial charge in [-0.1, -0.05) is 19.8 Å². The van der Waals surface area contributed by atoms with E-state index in [9.17, 15) is 0 Å². The topological polar surface area (TPSA) is 12.0 Å². The second-order valence-electron chi connectivity index (χ2n) is 3.91. The molecule has 0 unspecified atom stereocenters. The van der Waals surface area contributed by atoms with E-state index < -0.39 is 0 Å². The third-order valence-electron chi connectivity index (χ3n) is 3.45. The van der Waals surface area contributed by atoms with Crippen molar-refractivity contribution >= 4 is 12.4 Å². The van der Waals surface area contributed by atoms with Crippen molar-refractivity contribution in [2.45, 2.75) is 45.1 Å². The van der Waals surface area contributed by atoms with Crippen LogP contribution in [0.3, 0.4) is 0 Å². The van der Waals surface area contributed by atoms with Crippen LogP contribution in [0.15, 0.2) is 0 Å². The van der Waals surface area contributed by atoms with Crippen LogP contribution in [0.1, 0.15) is 39.0 Å². The molecule has 0 bridgehead atoms. The minimum atomic E-state index is 0. The molecule has 2 heteroatoms. The van der Waals surface area contributed by atoms with Crippen molar-refractivity contribution in [1.82, 2.24) is 5.32 Å². The van der Waals surface area contributed by atoms with Crippen LogP contribution in [0.25, 0.3) is 0 Å². The van der Waals surface area contributed by atoms with Crippen molar-refractivity contribution in [3.05, 3.63) is 0 Å². The van der Waals surface area contributed by atoms with Gasteiger partial charge in [0, 0.05) is 12.6 Å². The van der Waals surface area contributed by atoms with Gasteiger partial charge in [-0.2, -0.15) is 0 Å². The van der Waals surface area contributed by atoms with Gasteiger partial charge in [0.2, 0.25) is 0 Å². The van der Waals surface area contributed by atoms with Gasteiger partial charge in [0.25, 0.3) is 0 Å². The van der Waals surface area contributed by atoms with Crippen LogP contribution < -0.4 is 5.32 Å². The highest BCUT2D eigenvalue weighted by Gasteiger charge is 2.46. The monoisotopic (exact) mass is 175 g/mol. The van der Waals surface area contributed by atoms with Crippen LogP contribution in [0, 0.1) is 5.41 Å². The molecule has 2 fully saturated rings. The zero-order chi connectivity index (χ0) is 7.03. The molecule has 66 valence electrons. The summed E-state index contributed by atoms with van der Waals surface area (Å²) in [6.45, 7) is 3.61. The normalized spacial score (nSPS) is 33.0. The van der Waals surface area contributed by atoms with Crippen LogP contribution >= 0.6 is 12.4 Å². The lowest BCUT2D eigenvalue weighted by Gasteiger charge is -2.48. The average molecular weight is 176 g/mol. The molecule has 11 heavy (non-hydrogen) atoms. The van der Waals surface area contributed by atoms with Gasteiger partial charge >= 0.3 is 0 Å². The Balaban J connectivity index is 0.000000605. The summed E-state index contributed by atoms with van der Waals surface area (Å²) in [6, 6.07) is 0.870. The van der Waals surface area contributed by atoms with E-state index in [1.807, 2.05) is 0 Å². The minimum absolute atomic E-state index is 0. The highest BCUT2D eigenvalue weighted by Crippen LogP contribution is 2.46. The van der Waals surface area contributed by atoms with Crippen molar-refractivity contribution in [2.24, 2.45) is 5.41 Å². The number of halogens is 1. The smallest absolute Gasteiger partial charge is 0.0133 e. The van der Waals surface area contributed by atoms with Crippen molar-refractivity contribution in [1.29, 1.82) is 0 Å². The lowest BCUT2D eigenvalue weighted by Crippen LogP contribution is -2.60. The minimum Gasteiger partial charge on any atom is -0.313 e. The first-order valence-corrected chi connectivity index (χ1v) is 4.61. The molecule has 1 atom stereocenters. The van der Waals surface area contributed by atoms with Crippen LogP contribution in [-0.4, -0.2) is 12.6 Å². The molecule has 0 aromatic rings. The summed E-state index contributed by atoms with van der Waals surface area (Å²) in [6.07, 6.45) is 7.30. The fraction of sp³-hybridized carbons (Fsp3) is 1.00. The molecule has 1 N–H and O–H groups in total. The van der Waals surface area contributed by atoms with Gasteiger partial charge in [-0.25, -0.2) is 0 Å². The summed E-state index contributed by atoms with van der Waals surface area (Å²) in [4.78, 5) is 0. The van der Waals surface area contributed by atoms with Crippen LogP contribution in [0.4, 0.5) is 0 Å². The van der Waals surface area contributed by atoms with E-state index in [0.29, 0.717) is 0 Å². The van der Waals surface area contributed by atoms with E-state index in [4.69, 9.17) is 0 Å². The Hall–Kier alpha value is 0.250. The number of hydrogen-bond acceptors (Lipinski definition) is 1. The molecule has 0 aromatic heterocycles. The van der Waals surface area contributed by atoms with E-state index in [1.165, 1.54) is 38.6 Å². The Bertz CT molecular complexity index is 128. The Labute approximate surface area is 75.4 Å². The fourth-order valence-corrected chi connectivity index (χ4v) is 2.72. The van der Waals surface area contributed by atoms with Crippen LogP contribution in [0.5, 0.6) is 0 Å². The summed E-state index contributed by atoms with van der Waals surface area (Å²) in [7, 11) is 0. The molecule has 1 heterocycles. The van der Waals surface area contributed by atoms with Gasteiger partial charge in [-0.15, -0.1) is 12.4 Å². The van der Waals surface area contributed by atoms with E-state index in [0.717, 1.165) is 11.5 Å². The van der Waals surface area contributed by atoms with Crippen molar-refractivity contribution in [2.75, 3.05) is 6.54 Å². The zero-order valence-corrected chi connectivity index (χ0v) is 8.04. The first-order valence-electron chi connectivity index (χ1n) is 4.61. The van der Waals surface area contributed by atoms with Crippen molar-refractivity contribution in [3.8, 4) is 0 Å². The highest BCUT2D eigenvalue weighted by atomic mass is 35.5. The summed E-state index contributed by atoms with van der Waals surface area (Å²) in [5, 5.41) is 3.53. The maximum absolute atomic E-state index is 3.53. The van der Waals surface area contributed by atoms with E-state index >= 15 is 0 Å². The molecule has 1 spiro atoms. The molecule has 1 saturated heterocycles. The third kappa shape index (κ3) is 1.29. The zero-order valence-electron chi connectivity index (χ0n) is 7.23. The molecule has 0 aromatic carbocycles. The molecule has 1 nitrogen and oxygen atoms in total. The maximum Gasteiger partial charge on any atom is 0.0133 e. The second kappa shape index (κ2) is 3.32. The summed E-state index contributed by atoms with van der Waals surface area (Å²) in [5.41, 5.74) is 0.773. The number of rotatable bonds is 1. The van der Waals surface area contributed by atoms with Crippen LogP contribution in [-0.2, 0) is 0 Å². The lowest BCUT2D eigenvalue weighted by molar-refractivity contribution is 0.0865. The first kappa shape index (κ1) is 9.34. The lowest BCUT2D eigenvalue weighted by atomic mass is 9.71. The molecule has 0 radical (unpaired) electrons. The van der Waals surface area contributed by atoms with E-state index in [-0.39, 0.29) is 12.4 Å². The quantitative estimate of drug-likeness (QED) is 0.645. The van der Waals surface area contributed by atoms with Gasteiger partial charge < -0.3 is 5.32 Å². The van der Waals surface area contributed by atoms with Crippen LogP contribution in [0.2, 0.25) is 0 Å². The average Bonchev–Trinajstić information content (AvgIpc) is 2.35. The van der Waals surface area contributed by atoms with Gasteiger partial charge in [-0.3, -0.25) is 0 Å². The maximum atomic E-state index is 3.53. The molecule has 1 saturated carbocycles. The summed E-state index contributed by atoms with van der Waals surface area (Å²) >= 11 is 0. The second-order valence-corrected chi connectivity index (χ2v) is 3.91. The predicted molar refractivity (Wildman–Crippen MR) is 50.2 cm³/mol. The molecular weight excluding hydrogens is 158 g/mol. The third-order valence-corrected chi connectivity index (χ3v) is 3.45. The van der Waals surface area contributed by atoms with Crippen molar-refractivity contribution in [3.63, 3.8) is 0 Å². The van der Waals surface area contributed by atoms with Gasteiger partial charge in [-0.05, 0) is 24.7 Å². The molecule has 2 rings (SSSR count). The Morgan fingerprint density at radius 3 is 2.36 bits per heavy atom. The first-order chi connectivity index (χ1) is 4.87. The van der Waals surface area contributed by atoms with Gasteiger partial charge in [0.15, 0.2) is 0 Å². The van der Waals surface area contributed by atoms with E-state index in [2.05, 4.69) is 12.2 Å². The molecule has 1 aliphatic heterocycles. The molecule has 0 amide bonds. The SMILES string of the molecule is CC[C@@H]1NCC12CCCC2.Cl. The largest absolute Gasteiger partial charge is 0.313 e. The van der Waals surface area contributed by atoms with Gasteiger partial charge in [0.05, 0.1) is 0 Å². The Morgan fingerprint density at radius 2 is 2.00 bits per heavy atom. The van der Waals surface area contributed by atoms with E-state index in [1.54, 1.807) is 0 Å². The molecule has 1 aliphatic carbocycles. The van der Waals surface area contributed by atoms with Gasteiger partial charge in [0.1, 0.15) is 0 Å². The summed E-state index contributed by atoms with van der Waals surface area (Å²) in [5.74, 6) is 0. The molecular formula is C9H18ClN.